The Morgan fingerprint density at radius 2 is 1.88 bits per heavy atom. The molecule has 0 spiro atoms. The molecule has 3 aromatic rings. The van der Waals surface area contributed by atoms with Crippen molar-refractivity contribution in [1.29, 1.82) is 0 Å². The fourth-order valence-corrected chi connectivity index (χ4v) is 3.83. The van der Waals surface area contributed by atoms with E-state index in [0.717, 1.165) is 16.7 Å². The number of hydrogen-bond donors (Lipinski definition) is 1. The topological polar surface area (TPSA) is 93.9 Å². The van der Waals surface area contributed by atoms with Gasteiger partial charge in [-0.15, -0.1) is 0 Å². The van der Waals surface area contributed by atoms with Crippen molar-refractivity contribution in [2.45, 2.75) is 13.5 Å². The Kier molecular flexibility index (Phi) is 6.55. The largest absolute Gasteiger partial charge is 0.496 e. The second-order valence-corrected chi connectivity index (χ2v) is 7.97. The highest BCUT2D eigenvalue weighted by Gasteiger charge is 2.32. The molecule has 4 rings (SSSR count). The van der Waals surface area contributed by atoms with Gasteiger partial charge in [0.15, 0.2) is 5.11 Å². The van der Waals surface area contributed by atoms with E-state index in [1.165, 1.54) is 17.0 Å². The molecule has 1 heterocycles. The molecular formula is C25H21N3O5S. The number of nitro groups is 1. The molecule has 0 atom stereocenters. The van der Waals surface area contributed by atoms with Crippen LogP contribution in [0.5, 0.6) is 11.5 Å². The van der Waals surface area contributed by atoms with Crippen LogP contribution in [-0.2, 0) is 11.4 Å². The molecule has 0 aliphatic carbocycles. The summed E-state index contributed by atoms with van der Waals surface area (Å²) >= 11 is 5.39. The molecule has 1 aliphatic rings. The van der Waals surface area contributed by atoms with Gasteiger partial charge in [-0.05, 0) is 72.7 Å². The number of nitrogens with one attached hydrogen (secondary N) is 1. The lowest BCUT2D eigenvalue weighted by molar-refractivity contribution is -0.384. The quantitative estimate of drug-likeness (QED) is 0.228. The van der Waals surface area contributed by atoms with Gasteiger partial charge in [-0.3, -0.25) is 19.8 Å². The van der Waals surface area contributed by atoms with Crippen molar-refractivity contribution in [3.05, 3.63) is 99.2 Å². The summed E-state index contributed by atoms with van der Waals surface area (Å²) in [6.07, 6.45) is 1.72. The summed E-state index contributed by atoms with van der Waals surface area (Å²) in [7, 11) is 1.56. The van der Waals surface area contributed by atoms with Gasteiger partial charge in [-0.25, -0.2) is 0 Å². The summed E-state index contributed by atoms with van der Waals surface area (Å²) in [5, 5.41) is 14.1. The third-order valence-corrected chi connectivity index (χ3v) is 5.48. The fourth-order valence-electron chi connectivity index (χ4n) is 3.53. The second-order valence-electron chi connectivity index (χ2n) is 7.58. The molecule has 9 heteroatoms. The monoisotopic (exact) mass is 475 g/mol. The number of benzene rings is 3. The zero-order chi connectivity index (χ0) is 24.2. The molecule has 1 saturated heterocycles. The van der Waals surface area contributed by atoms with Crippen LogP contribution in [0.2, 0.25) is 0 Å². The number of rotatable bonds is 7. The number of carbonyl (C=O) groups is 1. The van der Waals surface area contributed by atoms with Gasteiger partial charge in [0, 0.05) is 17.7 Å². The van der Waals surface area contributed by atoms with Crippen LogP contribution in [0.1, 0.15) is 16.7 Å². The summed E-state index contributed by atoms with van der Waals surface area (Å²) < 4.78 is 11.2. The van der Waals surface area contributed by atoms with E-state index < -0.39 is 4.92 Å². The third-order valence-electron chi connectivity index (χ3n) is 5.20. The van der Waals surface area contributed by atoms with Crippen molar-refractivity contribution in [3.8, 4) is 11.5 Å². The van der Waals surface area contributed by atoms with Gasteiger partial charge in [0.05, 0.1) is 17.7 Å². The highest BCUT2D eigenvalue weighted by molar-refractivity contribution is 7.80. The van der Waals surface area contributed by atoms with Crippen LogP contribution < -0.4 is 19.7 Å². The predicted molar refractivity (Wildman–Crippen MR) is 133 cm³/mol. The number of aryl methyl sites for hydroxylation is 1. The number of carbonyl (C=O) groups excluding carboxylic acids is 1. The van der Waals surface area contributed by atoms with Gasteiger partial charge in [-0.2, -0.15) is 0 Å². The van der Waals surface area contributed by atoms with Gasteiger partial charge in [0.25, 0.3) is 11.6 Å². The van der Waals surface area contributed by atoms with Crippen molar-refractivity contribution in [3.63, 3.8) is 0 Å². The van der Waals surface area contributed by atoms with Gasteiger partial charge < -0.3 is 14.8 Å². The molecule has 3 aromatic carbocycles. The standard InChI is InChI=1S/C25H21N3O5S/c1-16-4-3-5-20(12-16)27-24(29)22(26-25(27)34)14-17-6-11-23(32-2)18(13-17)15-33-21-9-7-19(8-10-21)28(30)31/h3-14H,15H2,1-2H3,(H,26,34)/b22-14+. The van der Waals surface area contributed by atoms with Crippen LogP contribution in [0.3, 0.4) is 0 Å². The summed E-state index contributed by atoms with van der Waals surface area (Å²) in [4.78, 5) is 24.9. The lowest BCUT2D eigenvalue weighted by atomic mass is 10.1. The Balaban J connectivity index is 1.54. The van der Waals surface area contributed by atoms with E-state index in [0.29, 0.717) is 28.0 Å². The minimum atomic E-state index is -0.464. The molecule has 0 aromatic heterocycles. The number of non-ortho nitro benzene ring substituents is 1. The van der Waals surface area contributed by atoms with E-state index in [1.807, 2.05) is 43.3 Å². The minimum absolute atomic E-state index is 0.00935. The van der Waals surface area contributed by atoms with Gasteiger partial charge >= 0.3 is 0 Å². The molecule has 0 saturated carbocycles. The second kappa shape index (κ2) is 9.72. The number of methoxy groups -OCH3 is 1. The predicted octanol–water partition coefficient (Wildman–Crippen LogP) is 4.75. The van der Waals surface area contributed by atoms with Crippen LogP contribution in [0, 0.1) is 17.0 Å². The first-order valence-electron chi connectivity index (χ1n) is 10.3. The summed E-state index contributed by atoms with van der Waals surface area (Å²) in [6, 6.07) is 18.9. The Bertz CT molecular complexity index is 1300. The highest BCUT2D eigenvalue weighted by atomic mass is 32.1. The number of nitro benzene ring substituents is 1. The normalized spacial score (nSPS) is 14.3. The van der Waals surface area contributed by atoms with E-state index in [1.54, 1.807) is 31.4 Å². The van der Waals surface area contributed by atoms with Crippen LogP contribution in [-0.4, -0.2) is 23.1 Å². The summed E-state index contributed by atoms with van der Waals surface area (Å²) in [5.74, 6) is 0.866. The van der Waals surface area contributed by atoms with E-state index in [4.69, 9.17) is 21.7 Å². The molecule has 1 fully saturated rings. The molecule has 1 aliphatic heterocycles. The van der Waals surface area contributed by atoms with Gasteiger partial charge in [0.2, 0.25) is 0 Å². The lowest BCUT2D eigenvalue weighted by Crippen LogP contribution is -2.30. The van der Waals surface area contributed by atoms with E-state index >= 15 is 0 Å². The molecule has 0 bridgehead atoms. The van der Waals surface area contributed by atoms with E-state index in [9.17, 15) is 14.9 Å². The Morgan fingerprint density at radius 1 is 1.12 bits per heavy atom. The first-order chi connectivity index (χ1) is 16.4. The number of nitrogens with zero attached hydrogens (tertiary/aromatic N) is 2. The molecule has 1 N–H and O–H groups in total. The zero-order valence-corrected chi connectivity index (χ0v) is 19.3. The Morgan fingerprint density at radius 3 is 2.56 bits per heavy atom. The lowest BCUT2D eigenvalue weighted by Gasteiger charge is -2.14. The minimum Gasteiger partial charge on any atom is -0.496 e. The zero-order valence-electron chi connectivity index (χ0n) is 18.5. The molecule has 172 valence electrons. The maximum Gasteiger partial charge on any atom is 0.281 e. The molecule has 1 amide bonds. The van der Waals surface area contributed by atoms with Crippen molar-refractivity contribution < 1.29 is 19.2 Å². The average molecular weight is 476 g/mol. The van der Waals surface area contributed by atoms with Crippen LogP contribution in [0.4, 0.5) is 11.4 Å². The summed E-state index contributed by atoms with van der Waals surface area (Å²) in [6.45, 7) is 2.13. The van der Waals surface area contributed by atoms with Crippen LogP contribution in [0.15, 0.2) is 72.4 Å². The Labute approximate surface area is 201 Å². The first-order valence-corrected chi connectivity index (χ1v) is 10.7. The SMILES string of the molecule is COc1ccc(/C=C2/NC(=S)N(c3cccc(C)c3)C2=O)cc1COc1ccc([N+](=O)[O-])cc1. The first kappa shape index (κ1) is 22.9. The van der Waals surface area contributed by atoms with Crippen molar-refractivity contribution in [2.24, 2.45) is 0 Å². The fraction of sp³-hybridized carbons (Fsp3) is 0.120. The van der Waals surface area contributed by atoms with Gasteiger partial charge in [0.1, 0.15) is 23.8 Å². The van der Waals surface area contributed by atoms with Crippen LogP contribution >= 0.6 is 12.2 Å². The van der Waals surface area contributed by atoms with Crippen molar-refractivity contribution in [1.82, 2.24) is 5.32 Å². The van der Waals surface area contributed by atoms with Crippen LogP contribution in [0.25, 0.3) is 6.08 Å². The maximum absolute atomic E-state index is 13.0. The molecule has 0 unspecified atom stereocenters. The number of anilines is 1. The van der Waals surface area contributed by atoms with Crippen molar-refractivity contribution in [2.75, 3.05) is 12.0 Å². The number of ether oxygens (including phenoxy) is 2. The smallest absolute Gasteiger partial charge is 0.281 e. The number of hydrogen-bond acceptors (Lipinski definition) is 6. The number of thiocarbonyl (C=S) groups is 1. The molecule has 8 nitrogen and oxygen atoms in total. The molecule has 0 radical (unpaired) electrons. The van der Waals surface area contributed by atoms with E-state index in [2.05, 4.69) is 5.32 Å². The van der Waals surface area contributed by atoms with E-state index in [-0.39, 0.29) is 18.2 Å². The third kappa shape index (κ3) is 4.89. The molecular weight excluding hydrogens is 454 g/mol. The van der Waals surface area contributed by atoms with Crippen molar-refractivity contribution >= 4 is 40.7 Å². The number of amides is 1. The highest BCUT2D eigenvalue weighted by Crippen LogP contribution is 2.27. The molecule has 34 heavy (non-hydrogen) atoms. The summed E-state index contributed by atoms with van der Waals surface area (Å²) in [5.41, 5.74) is 3.59. The maximum atomic E-state index is 13.0. The Hall–Kier alpha value is -4.24. The van der Waals surface area contributed by atoms with Gasteiger partial charge in [-0.1, -0.05) is 18.2 Å². The average Bonchev–Trinajstić information content (AvgIpc) is 3.10.